The summed E-state index contributed by atoms with van der Waals surface area (Å²) in [5, 5.41) is 14.6. The van der Waals surface area contributed by atoms with Gasteiger partial charge in [-0.15, -0.1) is 0 Å². The molecule has 0 aromatic heterocycles. The van der Waals surface area contributed by atoms with Crippen molar-refractivity contribution < 1.29 is 9.90 Å². The molecular formula is C9H20N2O2. The summed E-state index contributed by atoms with van der Waals surface area (Å²) in [6.07, 6.45) is 0. The summed E-state index contributed by atoms with van der Waals surface area (Å²) in [6.45, 7) is 6.88. The van der Waals surface area contributed by atoms with E-state index in [1.165, 1.54) is 0 Å². The van der Waals surface area contributed by atoms with Crippen molar-refractivity contribution in [1.29, 1.82) is 0 Å². The Morgan fingerprint density at radius 1 is 1.46 bits per heavy atom. The Kier molecular flexibility index (Phi) is 6.54. The van der Waals surface area contributed by atoms with Gasteiger partial charge in [-0.05, 0) is 12.8 Å². The number of likely N-dealkylation sites (N-methyl/N-ethyl adjacent to an activating group) is 1. The van der Waals surface area contributed by atoms with Crippen LogP contribution in [-0.2, 0) is 4.79 Å². The van der Waals surface area contributed by atoms with Crippen molar-refractivity contribution in [2.24, 2.45) is 5.92 Å². The highest BCUT2D eigenvalue weighted by atomic mass is 16.3. The molecule has 0 aliphatic rings. The topological polar surface area (TPSA) is 61.4 Å². The lowest BCUT2D eigenvalue weighted by atomic mass is 10.1. The van der Waals surface area contributed by atoms with Crippen LogP contribution in [-0.4, -0.2) is 36.8 Å². The second-order valence-corrected chi connectivity index (χ2v) is 3.37. The van der Waals surface area contributed by atoms with E-state index >= 15 is 0 Å². The molecular weight excluding hydrogens is 168 g/mol. The number of hydrogen-bond donors (Lipinski definition) is 3. The van der Waals surface area contributed by atoms with Crippen LogP contribution in [0, 0.1) is 5.92 Å². The van der Waals surface area contributed by atoms with Crippen LogP contribution in [0.3, 0.4) is 0 Å². The van der Waals surface area contributed by atoms with Gasteiger partial charge in [0.25, 0.3) is 0 Å². The minimum Gasteiger partial charge on any atom is -0.395 e. The Bertz CT molecular complexity index is 149. The molecule has 4 nitrogen and oxygen atoms in total. The van der Waals surface area contributed by atoms with Gasteiger partial charge >= 0.3 is 0 Å². The molecule has 0 bridgehead atoms. The molecule has 0 rings (SSSR count). The molecule has 4 heteroatoms. The van der Waals surface area contributed by atoms with E-state index in [1.54, 1.807) is 0 Å². The van der Waals surface area contributed by atoms with E-state index in [-0.39, 0.29) is 25.1 Å². The van der Waals surface area contributed by atoms with Crippen molar-refractivity contribution in [3.63, 3.8) is 0 Å². The maximum Gasteiger partial charge on any atom is 0.233 e. The van der Waals surface area contributed by atoms with Gasteiger partial charge in [0, 0.05) is 12.6 Å². The predicted octanol–water partition coefficient (Wildman–Crippen LogP) is -0.271. The fraction of sp³-hybridized carbons (Fsp3) is 0.889. The molecule has 0 heterocycles. The Labute approximate surface area is 79.7 Å². The van der Waals surface area contributed by atoms with Gasteiger partial charge in [-0.25, -0.2) is 0 Å². The van der Waals surface area contributed by atoms with Crippen molar-refractivity contribution in [1.82, 2.24) is 10.6 Å². The molecule has 3 N–H and O–H groups in total. The molecule has 0 spiro atoms. The van der Waals surface area contributed by atoms with Gasteiger partial charge < -0.3 is 15.7 Å². The van der Waals surface area contributed by atoms with Gasteiger partial charge in [-0.2, -0.15) is 0 Å². The number of rotatable bonds is 6. The normalized spacial score (nSPS) is 13.0. The molecule has 13 heavy (non-hydrogen) atoms. The fourth-order valence-electron chi connectivity index (χ4n) is 0.995. The number of amides is 1. The van der Waals surface area contributed by atoms with E-state index in [0.29, 0.717) is 12.5 Å². The number of carbonyl (C=O) groups excluding carboxylic acids is 1. The molecule has 0 aliphatic carbocycles. The van der Waals surface area contributed by atoms with Gasteiger partial charge in [0.15, 0.2) is 0 Å². The minimum atomic E-state index is -0.0263. The second kappa shape index (κ2) is 6.86. The smallest absolute Gasteiger partial charge is 0.233 e. The second-order valence-electron chi connectivity index (χ2n) is 3.37. The zero-order valence-electron chi connectivity index (χ0n) is 8.63. The van der Waals surface area contributed by atoms with Crippen molar-refractivity contribution >= 4 is 5.91 Å². The summed E-state index contributed by atoms with van der Waals surface area (Å²) in [5.74, 6) is 0.307. The number of nitrogens with one attached hydrogen (secondary N) is 2. The summed E-state index contributed by atoms with van der Waals surface area (Å²) in [7, 11) is 0. The van der Waals surface area contributed by atoms with Crippen LogP contribution in [0.4, 0.5) is 0 Å². The van der Waals surface area contributed by atoms with Crippen molar-refractivity contribution in [2.45, 2.75) is 26.8 Å². The Balaban J connectivity index is 3.65. The van der Waals surface area contributed by atoms with E-state index in [9.17, 15) is 4.79 Å². The Hall–Kier alpha value is -0.610. The largest absolute Gasteiger partial charge is 0.395 e. The number of carbonyl (C=O) groups is 1. The standard InChI is InChI=1S/C9H20N2O2/c1-4-10-9(13)5-11-8(6-12)7(2)3/h7-8,11-12H,4-6H2,1-3H3,(H,10,13). The third kappa shape index (κ3) is 5.60. The fourth-order valence-corrected chi connectivity index (χ4v) is 0.995. The van der Waals surface area contributed by atoms with E-state index in [1.807, 2.05) is 20.8 Å². The molecule has 0 aromatic carbocycles. The summed E-state index contributed by atoms with van der Waals surface area (Å²) >= 11 is 0. The third-order valence-electron chi connectivity index (χ3n) is 1.90. The van der Waals surface area contributed by atoms with Crippen LogP contribution >= 0.6 is 0 Å². The average Bonchev–Trinajstić information content (AvgIpc) is 2.05. The first-order valence-corrected chi connectivity index (χ1v) is 4.72. The average molecular weight is 188 g/mol. The number of aliphatic hydroxyl groups is 1. The zero-order valence-corrected chi connectivity index (χ0v) is 8.63. The van der Waals surface area contributed by atoms with Crippen LogP contribution in [0.1, 0.15) is 20.8 Å². The number of aliphatic hydroxyl groups excluding tert-OH is 1. The highest BCUT2D eigenvalue weighted by Gasteiger charge is 2.12. The van der Waals surface area contributed by atoms with Crippen LogP contribution < -0.4 is 10.6 Å². The van der Waals surface area contributed by atoms with Gasteiger partial charge in [0.05, 0.1) is 13.2 Å². The third-order valence-corrected chi connectivity index (χ3v) is 1.90. The molecule has 78 valence electrons. The predicted molar refractivity (Wildman–Crippen MR) is 52.4 cm³/mol. The summed E-state index contributed by atoms with van der Waals surface area (Å²) in [4.78, 5) is 11.0. The van der Waals surface area contributed by atoms with Crippen LogP contribution in [0.5, 0.6) is 0 Å². The van der Waals surface area contributed by atoms with Crippen molar-refractivity contribution in [2.75, 3.05) is 19.7 Å². The first kappa shape index (κ1) is 12.4. The van der Waals surface area contributed by atoms with E-state index in [0.717, 1.165) is 0 Å². The maximum atomic E-state index is 11.0. The van der Waals surface area contributed by atoms with Gasteiger partial charge in [0.2, 0.25) is 5.91 Å². The highest BCUT2D eigenvalue weighted by Crippen LogP contribution is 1.99. The quantitative estimate of drug-likeness (QED) is 0.537. The zero-order chi connectivity index (χ0) is 10.3. The monoisotopic (exact) mass is 188 g/mol. The summed E-state index contributed by atoms with van der Waals surface area (Å²) in [5.41, 5.74) is 0. The molecule has 1 unspecified atom stereocenters. The lowest BCUT2D eigenvalue weighted by Crippen LogP contribution is -2.43. The first-order chi connectivity index (χ1) is 6.11. The molecule has 1 amide bonds. The highest BCUT2D eigenvalue weighted by molar-refractivity contribution is 5.77. The Morgan fingerprint density at radius 2 is 2.08 bits per heavy atom. The molecule has 0 fully saturated rings. The van der Waals surface area contributed by atoms with E-state index in [4.69, 9.17) is 5.11 Å². The van der Waals surface area contributed by atoms with Crippen LogP contribution in [0.15, 0.2) is 0 Å². The van der Waals surface area contributed by atoms with Crippen LogP contribution in [0.25, 0.3) is 0 Å². The van der Waals surface area contributed by atoms with Crippen LogP contribution in [0.2, 0.25) is 0 Å². The molecule has 0 saturated carbocycles. The van der Waals surface area contributed by atoms with E-state index < -0.39 is 0 Å². The number of hydrogen-bond acceptors (Lipinski definition) is 3. The van der Waals surface area contributed by atoms with Gasteiger partial charge in [-0.1, -0.05) is 13.8 Å². The van der Waals surface area contributed by atoms with Crippen molar-refractivity contribution in [3.05, 3.63) is 0 Å². The minimum absolute atomic E-state index is 0.00241. The molecule has 1 atom stereocenters. The lowest BCUT2D eigenvalue weighted by Gasteiger charge is -2.19. The SMILES string of the molecule is CCNC(=O)CNC(CO)C(C)C. The maximum absolute atomic E-state index is 11.0. The molecule has 0 radical (unpaired) electrons. The van der Waals surface area contributed by atoms with E-state index in [2.05, 4.69) is 10.6 Å². The summed E-state index contributed by atoms with van der Waals surface area (Å²) < 4.78 is 0. The molecule has 0 aliphatic heterocycles. The lowest BCUT2D eigenvalue weighted by molar-refractivity contribution is -0.120. The van der Waals surface area contributed by atoms with Gasteiger partial charge in [-0.3, -0.25) is 4.79 Å². The van der Waals surface area contributed by atoms with Crippen molar-refractivity contribution in [3.8, 4) is 0 Å². The summed E-state index contributed by atoms with van der Waals surface area (Å²) in [6, 6.07) is 0.00241. The molecule has 0 saturated heterocycles. The Morgan fingerprint density at radius 3 is 2.46 bits per heavy atom. The first-order valence-electron chi connectivity index (χ1n) is 4.72. The van der Waals surface area contributed by atoms with Gasteiger partial charge in [0.1, 0.15) is 0 Å². The molecule has 0 aromatic rings.